The molecule has 0 saturated heterocycles. The van der Waals surface area contributed by atoms with E-state index in [9.17, 15) is 9.59 Å². The maximum absolute atomic E-state index is 12.6. The van der Waals surface area contributed by atoms with Crippen LogP contribution in [-0.4, -0.2) is 28.7 Å². The first-order valence-electron chi connectivity index (χ1n) is 7.99. The van der Waals surface area contributed by atoms with Crippen molar-refractivity contribution in [3.05, 3.63) is 58.8 Å². The molecule has 1 amide bonds. The normalized spacial score (nSPS) is 12.4. The van der Waals surface area contributed by atoms with E-state index >= 15 is 0 Å². The van der Waals surface area contributed by atoms with Gasteiger partial charge in [-0.05, 0) is 30.2 Å². The zero-order valence-corrected chi connectivity index (χ0v) is 13.5. The van der Waals surface area contributed by atoms with E-state index in [0.717, 1.165) is 11.0 Å². The van der Waals surface area contributed by atoms with E-state index in [1.54, 1.807) is 12.1 Å². The predicted molar refractivity (Wildman–Crippen MR) is 95.0 cm³/mol. The van der Waals surface area contributed by atoms with Gasteiger partial charge >= 0.3 is 0 Å². The predicted octanol–water partition coefficient (Wildman–Crippen LogP) is 1.90. The fourth-order valence-electron chi connectivity index (χ4n) is 2.80. The highest BCUT2D eigenvalue weighted by atomic mass is 16.3. The standard InChI is InChI=1S/C19H20N2O3/c1-13(12-22)10-20-18(23)11-21-16-8-4-2-6-14(16)19(24)15-7-3-5-9-17(15)21/h2-9,13,22H,10-12H2,1H3,(H,20,23). The summed E-state index contributed by atoms with van der Waals surface area (Å²) in [6, 6.07) is 14.6. The molecule has 0 bridgehead atoms. The third-order valence-electron chi connectivity index (χ3n) is 4.14. The first-order chi connectivity index (χ1) is 11.6. The van der Waals surface area contributed by atoms with Crippen molar-refractivity contribution in [3.8, 4) is 0 Å². The molecule has 0 aliphatic heterocycles. The molecule has 0 fully saturated rings. The maximum atomic E-state index is 12.6. The summed E-state index contributed by atoms with van der Waals surface area (Å²) in [6.45, 7) is 2.44. The second-order valence-electron chi connectivity index (χ2n) is 6.04. The van der Waals surface area contributed by atoms with Gasteiger partial charge in [-0.15, -0.1) is 0 Å². The minimum absolute atomic E-state index is 0.0106. The Morgan fingerprint density at radius 2 is 1.62 bits per heavy atom. The van der Waals surface area contributed by atoms with E-state index in [-0.39, 0.29) is 30.4 Å². The molecule has 2 N–H and O–H groups in total. The molecular formula is C19H20N2O3. The van der Waals surface area contributed by atoms with Gasteiger partial charge in [-0.3, -0.25) is 9.59 Å². The van der Waals surface area contributed by atoms with E-state index < -0.39 is 0 Å². The topological polar surface area (TPSA) is 71.3 Å². The Bertz CT molecular complexity index is 886. The summed E-state index contributed by atoms with van der Waals surface area (Å²) in [6.07, 6.45) is 0. The van der Waals surface area contributed by atoms with Gasteiger partial charge < -0.3 is 15.0 Å². The van der Waals surface area contributed by atoms with Crippen molar-refractivity contribution in [1.82, 2.24) is 9.88 Å². The van der Waals surface area contributed by atoms with Crippen molar-refractivity contribution in [3.63, 3.8) is 0 Å². The lowest BCUT2D eigenvalue weighted by Crippen LogP contribution is -2.32. The highest BCUT2D eigenvalue weighted by molar-refractivity contribution is 5.94. The smallest absolute Gasteiger partial charge is 0.239 e. The van der Waals surface area contributed by atoms with Crippen LogP contribution in [0.2, 0.25) is 0 Å². The second-order valence-corrected chi connectivity index (χ2v) is 6.04. The summed E-state index contributed by atoms with van der Waals surface area (Å²) in [5.41, 5.74) is 1.46. The van der Waals surface area contributed by atoms with Crippen LogP contribution in [0, 0.1) is 5.92 Å². The molecule has 0 aliphatic carbocycles. The van der Waals surface area contributed by atoms with Crippen LogP contribution in [0.3, 0.4) is 0 Å². The van der Waals surface area contributed by atoms with Gasteiger partial charge in [0.1, 0.15) is 6.54 Å². The molecule has 1 heterocycles. The van der Waals surface area contributed by atoms with E-state index in [2.05, 4.69) is 5.32 Å². The number of amides is 1. The van der Waals surface area contributed by atoms with Crippen molar-refractivity contribution in [2.75, 3.05) is 13.2 Å². The van der Waals surface area contributed by atoms with Crippen molar-refractivity contribution < 1.29 is 9.90 Å². The van der Waals surface area contributed by atoms with Crippen LogP contribution in [0.25, 0.3) is 21.8 Å². The SMILES string of the molecule is CC(CO)CNC(=O)Cn1c2ccccc2c(=O)c2ccccc21. The zero-order chi connectivity index (χ0) is 17.1. The first-order valence-corrected chi connectivity index (χ1v) is 7.99. The quantitative estimate of drug-likeness (QED) is 0.704. The molecule has 3 aromatic rings. The third-order valence-corrected chi connectivity index (χ3v) is 4.14. The lowest BCUT2D eigenvalue weighted by Gasteiger charge is -2.16. The Kier molecular flexibility index (Phi) is 4.62. The van der Waals surface area contributed by atoms with Crippen molar-refractivity contribution in [2.24, 2.45) is 5.92 Å². The lowest BCUT2D eigenvalue weighted by molar-refractivity contribution is -0.121. The number of para-hydroxylation sites is 2. The number of carbonyl (C=O) groups excluding carboxylic acids is 1. The summed E-state index contributed by atoms with van der Waals surface area (Å²) in [5, 5.41) is 13.1. The van der Waals surface area contributed by atoms with Crippen LogP contribution >= 0.6 is 0 Å². The Morgan fingerprint density at radius 3 is 2.17 bits per heavy atom. The minimum atomic E-state index is -0.144. The Morgan fingerprint density at radius 1 is 1.08 bits per heavy atom. The molecule has 2 aromatic carbocycles. The average molecular weight is 324 g/mol. The molecule has 0 aliphatic rings. The Balaban J connectivity index is 2.07. The van der Waals surface area contributed by atoms with Crippen molar-refractivity contribution in [1.29, 1.82) is 0 Å². The minimum Gasteiger partial charge on any atom is -0.396 e. The summed E-state index contributed by atoms with van der Waals surface area (Å²) in [4.78, 5) is 25.0. The number of pyridine rings is 1. The number of rotatable bonds is 5. The molecule has 5 nitrogen and oxygen atoms in total. The zero-order valence-electron chi connectivity index (χ0n) is 13.5. The maximum Gasteiger partial charge on any atom is 0.239 e. The molecule has 124 valence electrons. The number of hydrogen-bond donors (Lipinski definition) is 2. The van der Waals surface area contributed by atoms with E-state index in [1.165, 1.54) is 0 Å². The fraction of sp³-hybridized carbons (Fsp3) is 0.263. The van der Waals surface area contributed by atoms with Crippen molar-refractivity contribution in [2.45, 2.75) is 13.5 Å². The molecule has 1 unspecified atom stereocenters. The van der Waals surface area contributed by atoms with E-state index in [4.69, 9.17) is 5.11 Å². The van der Waals surface area contributed by atoms with Crippen molar-refractivity contribution >= 4 is 27.7 Å². The highest BCUT2D eigenvalue weighted by Crippen LogP contribution is 2.18. The number of carbonyl (C=O) groups is 1. The number of nitrogens with zero attached hydrogens (tertiary/aromatic N) is 1. The first kappa shape index (κ1) is 16.2. The summed E-state index contributed by atoms with van der Waals surface area (Å²) in [5.74, 6) is -0.134. The van der Waals surface area contributed by atoms with Crippen LogP contribution in [-0.2, 0) is 11.3 Å². The summed E-state index contributed by atoms with van der Waals surface area (Å²) < 4.78 is 1.87. The fourth-order valence-corrected chi connectivity index (χ4v) is 2.80. The molecule has 0 saturated carbocycles. The molecule has 0 spiro atoms. The van der Waals surface area contributed by atoms with Gasteiger partial charge in [-0.1, -0.05) is 31.2 Å². The highest BCUT2D eigenvalue weighted by Gasteiger charge is 2.13. The molecule has 5 heteroatoms. The number of nitrogens with one attached hydrogen (secondary N) is 1. The van der Waals surface area contributed by atoms with Crippen LogP contribution in [0.1, 0.15) is 6.92 Å². The van der Waals surface area contributed by atoms with Gasteiger partial charge in [0.05, 0.1) is 11.0 Å². The van der Waals surface area contributed by atoms with Gasteiger partial charge in [0.2, 0.25) is 5.91 Å². The molecule has 3 rings (SSSR count). The largest absolute Gasteiger partial charge is 0.396 e. The molecule has 1 aromatic heterocycles. The van der Waals surface area contributed by atoms with E-state index in [1.807, 2.05) is 47.9 Å². The van der Waals surface area contributed by atoms with Crippen LogP contribution in [0.5, 0.6) is 0 Å². The number of benzene rings is 2. The Labute approximate surface area is 139 Å². The van der Waals surface area contributed by atoms with Gasteiger partial charge in [-0.2, -0.15) is 0 Å². The molecule has 24 heavy (non-hydrogen) atoms. The number of fused-ring (bicyclic) bond motifs is 2. The van der Waals surface area contributed by atoms with Crippen LogP contribution in [0.4, 0.5) is 0 Å². The molecular weight excluding hydrogens is 304 g/mol. The second kappa shape index (κ2) is 6.84. The number of hydrogen-bond acceptors (Lipinski definition) is 3. The molecule has 1 atom stereocenters. The van der Waals surface area contributed by atoms with Crippen LogP contribution < -0.4 is 10.7 Å². The Hall–Kier alpha value is -2.66. The number of aromatic nitrogens is 1. The van der Waals surface area contributed by atoms with Gasteiger partial charge in [0.15, 0.2) is 5.43 Å². The third kappa shape index (κ3) is 3.03. The van der Waals surface area contributed by atoms with E-state index in [0.29, 0.717) is 17.3 Å². The number of aliphatic hydroxyl groups is 1. The molecule has 0 radical (unpaired) electrons. The van der Waals surface area contributed by atoms with Crippen LogP contribution in [0.15, 0.2) is 53.3 Å². The van der Waals surface area contributed by atoms with Gasteiger partial charge in [0, 0.05) is 23.9 Å². The number of aliphatic hydroxyl groups excluding tert-OH is 1. The van der Waals surface area contributed by atoms with Gasteiger partial charge in [-0.25, -0.2) is 0 Å². The van der Waals surface area contributed by atoms with Gasteiger partial charge in [0.25, 0.3) is 0 Å². The summed E-state index contributed by atoms with van der Waals surface area (Å²) in [7, 11) is 0. The lowest BCUT2D eigenvalue weighted by atomic mass is 10.1. The monoisotopic (exact) mass is 324 g/mol. The average Bonchev–Trinajstić information content (AvgIpc) is 2.63. The summed E-state index contributed by atoms with van der Waals surface area (Å²) >= 11 is 0.